The predicted octanol–water partition coefficient (Wildman–Crippen LogP) is 3.56. The Morgan fingerprint density at radius 2 is 2.12 bits per heavy atom. The van der Waals surface area contributed by atoms with Crippen LogP contribution in [0.1, 0.15) is 54.3 Å². The van der Waals surface area contributed by atoms with Gasteiger partial charge in [-0.15, -0.1) is 11.3 Å². The molecule has 32 heavy (non-hydrogen) atoms. The third-order valence-corrected chi connectivity index (χ3v) is 7.14. The molecule has 5 heterocycles. The van der Waals surface area contributed by atoms with Crippen molar-refractivity contribution in [3.63, 3.8) is 0 Å². The first-order valence-electron chi connectivity index (χ1n) is 10.5. The van der Waals surface area contributed by atoms with Crippen LogP contribution in [-0.4, -0.2) is 44.3 Å². The Hall–Kier alpha value is -3.46. The van der Waals surface area contributed by atoms with Gasteiger partial charge in [0.25, 0.3) is 11.8 Å². The van der Waals surface area contributed by atoms with Gasteiger partial charge in [0.2, 0.25) is 0 Å². The monoisotopic (exact) mass is 449 g/mol. The molecule has 1 fully saturated rings. The standard InChI is InChI=1S/C23H23N5O3S/c1-14-21(15(2)31-26-14)23(30)28-9-6-17(13-28)18-3-4-19(32-18)22(29)25-12-16-5-8-27-10-7-24-20(27)11-16/h3-5,7-8,10-11,17H,6,9,12-13H2,1-2H3,(H,25,29). The molecule has 1 saturated heterocycles. The number of hydrogen-bond donors (Lipinski definition) is 1. The first kappa shape index (κ1) is 20.4. The molecule has 0 radical (unpaired) electrons. The minimum Gasteiger partial charge on any atom is -0.361 e. The maximum absolute atomic E-state index is 12.9. The summed E-state index contributed by atoms with van der Waals surface area (Å²) in [5.41, 5.74) is 3.04. The van der Waals surface area contributed by atoms with Gasteiger partial charge in [0, 0.05) is 49.0 Å². The number of likely N-dealkylation sites (tertiary alicyclic amines) is 1. The van der Waals surface area contributed by atoms with Gasteiger partial charge < -0.3 is 19.1 Å². The summed E-state index contributed by atoms with van der Waals surface area (Å²) in [5.74, 6) is 0.658. The molecule has 4 aromatic heterocycles. The largest absolute Gasteiger partial charge is 0.361 e. The van der Waals surface area contributed by atoms with E-state index in [9.17, 15) is 9.59 Å². The lowest BCUT2D eigenvalue weighted by molar-refractivity contribution is 0.0788. The molecule has 0 saturated carbocycles. The van der Waals surface area contributed by atoms with Crippen molar-refractivity contribution in [2.24, 2.45) is 0 Å². The molecule has 8 nitrogen and oxygen atoms in total. The van der Waals surface area contributed by atoms with E-state index in [4.69, 9.17) is 4.52 Å². The first-order chi connectivity index (χ1) is 15.5. The first-order valence-corrected chi connectivity index (χ1v) is 11.3. The van der Waals surface area contributed by atoms with E-state index in [2.05, 4.69) is 15.5 Å². The summed E-state index contributed by atoms with van der Waals surface area (Å²) in [4.78, 5) is 33.5. The average Bonchev–Trinajstić information content (AvgIpc) is 3.57. The molecule has 0 bridgehead atoms. The molecule has 164 valence electrons. The minimum absolute atomic E-state index is 0.0345. The number of nitrogens with one attached hydrogen (secondary N) is 1. The van der Waals surface area contributed by atoms with Crippen LogP contribution in [0, 0.1) is 13.8 Å². The topological polar surface area (TPSA) is 92.7 Å². The van der Waals surface area contributed by atoms with E-state index in [1.165, 1.54) is 11.3 Å². The number of thiophene rings is 1. The van der Waals surface area contributed by atoms with Gasteiger partial charge in [0.1, 0.15) is 17.0 Å². The third-order valence-electron chi connectivity index (χ3n) is 5.89. The molecule has 0 aromatic carbocycles. The number of aromatic nitrogens is 3. The highest BCUT2D eigenvalue weighted by Crippen LogP contribution is 2.33. The number of aryl methyl sites for hydroxylation is 2. The number of carbonyl (C=O) groups excluding carboxylic acids is 2. The molecule has 2 amide bonds. The van der Waals surface area contributed by atoms with Crippen molar-refractivity contribution in [1.29, 1.82) is 0 Å². The zero-order valence-electron chi connectivity index (χ0n) is 17.9. The summed E-state index contributed by atoms with van der Waals surface area (Å²) in [6.07, 6.45) is 6.44. The fourth-order valence-electron chi connectivity index (χ4n) is 4.15. The number of fused-ring (bicyclic) bond motifs is 1. The molecule has 0 aliphatic carbocycles. The summed E-state index contributed by atoms with van der Waals surface area (Å²) >= 11 is 1.50. The zero-order chi connectivity index (χ0) is 22.2. The second kappa shape index (κ2) is 8.23. The summed E-state index contributed by atoms with van der Waals surface area (Å²) in [7, 11) is 0. The molecule has 1 aliphatic heterocycles. The van der Waals surface area contributed by atoms with Gasteiger partial charge in [-0.05, 0) is 50.1 Å². The Bertz CT molecular complexity index is 1280. The molecular weight excluding hydrogens is 426 g/mol. The molecule has 0 spiro atoms. The summed E-state index contributed by atoms with van der Waals surface area (Å²) < 4.78 is 7.07. The van der Waals surface area contributed by atoms with Crippen LogP contribution >= 0.6 is 11.3 Å². The van der Waals surface area contributed by atoms with Crippen LogP contribution in [0.5, 0.6) is 0 Å². The van der Waals surface area contributed by atoms with E-state index in [-0.39, 0.29) is 17.7 Å². The van der Waals surface area contributed by atoms with Crippen LogP contribution in [0.2, 0.25) is 0 Å². The van der Waals surface area contributed by atoms with Crippen molar-refractivity contribution >= 4 is 28.8 Å². The lowest BCUT2D eigenvalue weighted by atomic mass is 10.1. The molecule has 5 rings (SSSR count). The smallest absolute Gasteiger partial charge is 0.261 e. The normalized spacial score (nSPS) is 16.1. The van der Waals surface area contributed by atoms with E-state index in [1.54, 1.807) is 20.0 Å². The van der Waals surface area contributed by atoms with Gasteiger partial charge in [-0.25, -0.2) is 4.98 Å². The number of pyridine rings is 1. The fourth-order valence-corrected chi connectivity index (χ4v) is 5.20. The highest BCUT2D eigenvalue weighted by Gasteiger charge is 2.31. The molecular formula is C23H23N5O3S. The van der Waals surface area contributed by atoms with Crippen LogP contribution in [-0.2, 0) is 6.54 Å². The van der Waals surface area contributed by atoms with Gasteiger partial charge in [-0.2, -0.15) is 0 Å². The Labute approximate surface area is 188 Å². The Balaban J connectivity index is 1.21. The number of rotatable bonds is 5. The van der Waals surface area contributed by atoms with Crippen LogP contribution in [0.3, 0.4) is 0 Å². The minimum atomic E-state index is -0.0916. The van der Waals surface area contributed by atoms with E-state index in [0.717, 1.165) is 22.5 Å². The predicted molar refractivity (Wildman–Crippen MR) is 120 cm³/mol. The van der Waals surface area contributed by atoms with E-state index < -0.39 is 0 Å². The average molecular weight is 450 g/mol. The number of nitrogens with zero attached hydrogens (tertiary/aromatic N) is 4. The van der Waals surface area contributed by atoms with Crippen molar-refractivity contribution in [2.45, 2.75) is 32.7 Å². The van der Waals surface area contributed by atoms with Gasteiger partial charge in [-0.1, -0.05) is 5.16 Å². The number of hydrogen-bond acceptors (Lipinski definition) is 6. The summed E-state index contributed by atoms with van der Waals surface area (Å²) in [6, 6.07) is 7.80. The van der Waals surface area contributed by atoms with Crippen LogP contribution in [0.4, 0.5) is 0 Å². The van der Waals surface area contributed by atoms with Crippen LogP contribution < -0.4 is 5.32 Å². The molecule has 1 aliphatic rings. The van der Waals surface area contributed by atoms with Crippen molar-refractivity contribution in [1.82, 2.24) is 24.8 Å². The summed E-state index contributed by atoms with van der Waals surface area (Å²) in [5, 5.41) is 6.88. The molecule has 1 N–H and O–H groups in total. The SMILES string of the molecule is Cc1noc(C)c1C(=O)N1CCC(c2ccc(C(=O)NCc3ccn4ccnc4c3)s2)C1. The highest BCUT2D eigenvalue weighted by molar-refractivity contribution is 7.14. The lowest BCUT2D eigenvalue weighted by Gasteiger charge is -2.16. The Morgan fingerprint density at radius 1 is 1.25 bits per heavy atom. The maximum Gasteiger partial charge on any atom is 0.261 e. The molecule has 1 atom stereocenters. The number of amides is 2. The van der Waals surface area contributed by atoms with Gasteiger partial charge in [-0.3, -0.25) is 9.59 Å². The van der Waals surface area contributed by atoms with E-state index in [1.807, 2.05) is 46.0 Å². The Morgan fingerprint density at radius 3 is 2.94 bits per heavy atom. The quantitative estimate of drug-likeness (QED) is 0.503. The number of carbonyl (C=O) groups is 2. The van der Waals surface area contributed by atoms with Crippen molar-refractivity contribution < 1.29 is 14.1 Å². The lowest BCUT2D eigenvalue weighted by Crippen LogP contribution is -2.29. The van der Waals surface area contributed by atoms with Gasteiger partial charge >= 0.3 is 0 Å². The highest BCUT2D eigenvalue weighted by atomic mass is 32.1. The van der Waals surface area contributed by atoms with Crippen LogP contribution in [0.15, 0.2) is 47.4 Å². The maximum atomic E-state index is 12.9. The second-order valence-electron chi connectivity index (χ2n) is 8.05. The second-order valence-corrected chi connectivity index (χ2v) is 9.16. The zero-order valence-corrected chi connectivity index (χ0v) is 18.7. The van der Waals surface area contributed by atoms with Crippen molar-refractivity contribution in [3.8, 4) is 0 Å². The molecule has 9 heteroatoms. The fraction of sp³-hybridized carbons (Fsp3) is 0.304. The van der Waals surface area contributed by atoms with Crippen molar-refractivity contribution in [3.05, 3.63) is 75.2 Å². The van der Waals surface area contributed by atoms with E-state index in [0.29, 0.717) is 41.5 Å². The van der Waals surface area contributed by atoms with Gasteiger partial charge in [0.15, 0.2) is 0 Å². The van der Waals surface area contributed by atoms with Crippen LogP contribution in [0.25, 0.3) is 5.65 Å². The van der Waals surface area contributed by atoms with E-state index >= 15 is 0 Å². The van der Waals surface area contributed by atoms with Gasteiger partial charge in [0.05, 0.1) is 10.6 Å². The number of imidazole rings is 1. The summed E-state index contributed by atoms with van der Waals surface area (Å²) in [6.45, 7) is 5.31. The molecule has 1 unspecified atom stereocenters. The third kappa shape index (κ3) is 3.80. The molecule has 4 aromatic rings. The Kier molecular flexibility index (Phi) is 5.26. The van der Waals surface area contributed by atoms with Crippen molar-refractivity contribution in [2.75, 3.05) is 13.1 Å².